The van der Waals surface area contributed by atoms with Crippen molar-refractivity contribution in [2.24, 2.45) is 5.10 Å². The van der Waals surface area contributed by atoms with Gasteiger partial charge in [0, 0.05) is 19.2 Å². The Labute approximate surface area is 174 Å². The van der Waals surface area contributed by atoms with Crippen LogP contribution in [0.3, 0.4) is 0 Å². The minimum absolute atomic E-state index is 0.707. The van der Waals surface area contributed by atoms with Crippen LogP contribution in [0.4, 0.5) is 11.6 Å². The van der Waals surface area contributed by atoms with Crippen LogP contribution in [0.5, 0.6) is 0 Å². The lowest BCUT2D eigenvalue weighted by Crippen LogP contribution is -2.36. The van der Waals surface area contributed by atoms with E-state index in [2.05, 4.69) is 56.6 Å². The summed E-state index contributed by atoms with van der Waals surface area (Å²) in [6.45, 7) is 7.33. The van der Waals surface area contributed by atoms with Gasteiger partial charge in [-0.1, -0.05) is 56.9 Å². The molecule has 3 rings (SSSR count). The molecule has 0 saturated carbocycles. The maximum Gasteiger partial charge on any atom is 0.152 e. The Morgan fingerprint density at radius 1 is 1.07 bits per heavy atom. The summed E-state index contributed by atoms with van der Waals surface area (Å²) in [4.78, 5) is 11.2. The topological polar surface area (TPSA) is 62.6 Å². The second kappa shape index (κ2) is 11.5. The molecule has 0 aliphatic carbocycles. The molecule has 0 bridgehead atoms. The fraction of sp³-hybridized carbons (Fsp3) is 0.522. The molecule has 2 heterocycles. The highest BCUT2D eigenvalue weighted by atomic mass is 16.5. The van der Waals surface area contributed by atoms with E-state index in [1.165, 1.54) is 37.7 Å². The number of morpholine rings is 1. The fourth-order valence-corrected chi connectivity index (χ4v) is 3.44. The van der Waals surface area contributed by atoms with Gasteiger partial charge in [0.25, 0.3) is 0 Å². The third kappa shape index (κ3) is 7.13. The van der Waals surface area contributed by atoms with E-state index in [9.17, 15) is 0 Å². The van der Waals surface area contributed by atoms with Gasteiger partial charge in [0.1, 0.15) is 11.6 Å². The van der Waals surface area contributed by atoms with Crippen LogP contribution in [-0.4, -0.2) is 42.5 Å². The Bertz CT molecular complexity index is 769. The molecule has 1 aromatic carbocycles. The number of ether oxygens (including phenoxy) is 1. The van der Waals surface area contributed by atoms with E-state index in [1.807, 2.05) is 19.2 Å². The number of benzene rings is 1. The highest BCUT2D eigenvalue weighted by Crippen LogP contribution is 2.17. The zero-order valence-electron chi connectivity index (χ0n) is 17.7. The van der Waals surface area contributed by atoms with Crippen molar-refractivity contribution in [1.82, 2.24) is 9.97 Å². The number of nitrogens with one attached hydrogen (secondary N) is 1. The third-order valence-corrected chi connectivity index (χ3v) is 5.10. The van der Waals surface area contributed by atoms with Crippen molar-refractivity contribution in [3.05, 3.63) is 47.3 Å². The second-order valence-electron chi connectivity index (χ2n) is 7.53. The van der Waals surface area contributed by atoms with E-state index in [1.54, 1.807) is 0 Å². The zero-order chi connectivity index (χ0) is 20.3. The van der Waals surface area contributed by atoms with Crippen molar-refractivity contribution >= 4 is 17.9 Å². The normalized spacial score (nSPS) is 14.5. The summed E-state index contributed by atoms with van der Waals surface area (Å²) in [6, 6.07) is 10.6. The van der Waals surface area contributed by atoms with Crippen molar-refractivity contribution in [2.45, 2.75) is 52.4 Å². The first-order valence-electron chi connectivity index (χ1n) is 10.8. The van der Waals surface area contributed by atoms with E-state index in [0.717, 1.165) is 49.9 Å². The average Bonchev–Trinajstić information content (AvgIpc) is 2.75. The van der Waals surface area contributed by atoms with Crippen molar-refractivity contribution in [3.63, 3.8) is 0 Å². The maximum absolute atomic E-state index is 5.42. The lowest BCUT2D eigenvalue weighted by Gasteiger charge is -2.28. The quantitative estimate of drug-likeness (QED) is 0.362. The van der Waals surface area contributed by atoms with Gasteiger partial charge in [0.15, 0.2) is 5.82 Å². The van der Waals surface area contributed by atoms with Gasteiger partial charge in [-0.15, -0.1) is 0 Å². The molecular formula is C23H33N5O. The lowest BCUT2D eigenvalue weighted by molar-refractivity contribution is 0.122. The molecule has 2 aromatic rings. The SMILES string of the molecule is CCCCCCCc1ccc(/C=N/Nc2cc(N3CCOCC3)nc(C)n2)cc1. The van der Waals surface area contributed by atoms with Gasteiger partial charge < -0.3 is 9.64 Å². The number of hydrazone groups is 1. The van der Waals surface area contributed by atoms with Crippen LogP contribution in [0.15, 0.2) is 35.4 Å². The highest BCUT2D eigenvalue weighted by molar-refractivity contribution is 5.80. The standard InChI is InChI=1S/C23H33N5O/c1-3-4-5-6-7-8-20-9-11-21(12-10-20)18-24-27-22-17-23(26-19(2)25-22)28-13-15-29-16-14-28/h9-12,17-18H,3-8,13-16H2,1-2H3,(H,25,26,27)/b24-18+. The molecule has 0 spiro atoms. The predicted molar refractivity (Wildman–Crippen MR) is 120 cm³/mol. The number of aromatic nitrogens is 2. The number of rotatable bonds is 10. The molecule has 0 amide bonds. The summed E-state index contributed by atoms with van der Waals surface area (Å²) < 4.78 is 5.42. The number of nitrogens with zero attached hydrogens (tertiary/aromatic N) is 4. The Morgan fingerprint density at radius 2 is 1.83 bits per heavy atom. The molecule has 0 radical (unpaired) electrons. The van der Waals surface area contributed by atoms with Crippen LogP contribution in [0, 0.1) is 6.92 Å². The summed E-state index contributed by atoms with van der Waals surface area (Å²) in [6.07, 6.45) is 9.58. The summed E-state index contributed by atoms with van der Waals surface area (Å²) in [5.41, 5.74) is 5.51. The van der Waals surface area contributed by atoms with Gasteiger partial charge in [-0.2, -0.15) is 5.10 Å². The maximum atomic E-state index is 5.42. The van der Waals surface area contributed by atoms with Crippen LogP contribution in [-0.2, 0) is 11.2 Å². The number of anilines is 2. The van der Waals surface area contributed by atoms with Crippen LogP contribution < -0.4 is 10.3 Å². The monoisotopic (exact) mass is 395 g/mol. The molecule has 1 saturated heterocycles. The Hall–Kier alpha value is -2.47. The lowest BCUT2D eigenvalue weighted by atomic mass is 10.0. The van der Waals surface area contributed by atoms with Gasteiger partial charge in [0.2, 0.25) is 0 Å². The van der Waals surface area contributed by atoms with Gasteiger partial charge >= 0.3 is 0 Å². The number of hydrogen-bond donors (Lipinski definition) is 1. The second-order valence-corrected chi connectivity index (χ2v) is 7.53. The van der Waals surface area contributed by atoms with Gasteiger partial charge in [-0.25, -0.2) is 9.97 Å². The van der Waals surface area contributed by atoms with Gasteiger partial charge in [-0.05, 0) is 30.9 Å². The largest absolute Gasteiger partial charge is 0.378 e. The molecule has 1 aliphatic heterocycles. The van der Waals surface area contributed by atoms with E-state index < -0.39 is 0 Å². The van der Waals surface area contributed by atoms with Crippen molar-refractivity contribution in [1.29, 1.82) is 0 Å². The van der Waals surface area contributed by atoms with E-state index in [4.69, 9.17) is 4.74 Å². The van der Waals surface area contributed by atoms with Crippen molar-refractivity contribution in [2.75, 3.05) is 36.6 Å². The fourth-order valence-electron chi connectivity index (χ4n) is 3.44. The third-order valence-electron chi connectivity index (χ3n) is 5.10. The van der Waals surface area contributed by atoms with Crippen LogP contribution in [0.2, 0.25) is 0 Å². The Balaban J connectivity index is 1.51. The first kappa shape index (κ1) is 21.2. The molecular weight excluding hydrogens is 362 g/mol. The molecule has 156 valence electrons. The molecule has 0 unspecified atom stereocenters. The van der Waals surface area contributed by atoms with Gasteiger partial charge in [-0.3, -0.25) is 5.43 Å². The van der Waals surface area contributed by atoms with Crippen molar-refractivity contribution < 1.29 is 4.74 Å². The molecule has 1 aromatic heterocycles. The smallest absolute Gasteiger partial charge is 0.152 e. The Morgan fingerprint density at radius 3 is 2.59 bits per heavy atom. The average molecular weight is 396 g/mol. The number of unbranched alkanes of at least 4 members (excludes halogenated alkanes) is 4. The zero-order valence-corrected chi connectivity index (χ0v) is 17.7. The first-order valence-corrected chi connectivity index (χ1v) is 10.8. The van der Waals surface area contributed by atoms with E-state index in [-0.39, 0.29) is 0 Å². The molecule has 1 N–H and O–H groups in total. The number of hydrogen-bond acceptors (Lipinski definition) is 6. The van der Waals surface area contributed by atoms with Gasteiger partial charge in [0.05, 0.1) is 19.4 Å². The minimum Gasteiger partial charge on any atom is -0.378 e. The molecule has 6 nitrogen and oxygen atoms in total. The molecule has 1 aliphatic rings. The van der Waals surface area contributed by atoms with Crippen LogP contribution in [0.1, 0.15) is 56.0 Å². The minimum atomic E-state index is 0.707. The van der Waals surface area contributed by atoms with Crippen LogP contribution >= 0.6 is 0 Å². The predicted octanol–water partition coefficient (Wildman–Crippen LogP) is 4.58. The number of aryl methyl sites for hydroxylation is 2. The molecule has 29 heavy (non-hydrogen) atoms. The summed E-state index contributed by atoms with van der Waals surface area (Å²) in [7, 11) is 0. The summed E-state index contributed by atoms with van der Waals surface area (Å²) in [5.74, 6) is 2.36. The molecule has 6 heteroatoms. The molecule has 1 fully saturated rings. The molecule has 0 atom stereocenters. The highest BCUT2D eigenvalue weighted by Gasteiger charge is 2.13. The summed E-state index contributed by atoms with van der Waals surface area (Å²) in [5, 5.41) is 4.36. The Kier molecular flexibility index (Phi) is 8.43. The first-order chi connectivity index (χ1) is 14.2. The van der Waals surface area contributed by atoms with E-state index in [0.29, 0.717) is 5.82 Å². The van der Waals surface area contributed by atoms with Crippen LogP contribution in [0.25, 0.3) is 0 Å². The summed E-state index contributed by atoms with van der Waals surface area (Å²) >= 11 is 0. The van der Waals surface area contributed by atoms with E-state index >= 15 is 0 Å². The van der Waals surface area contributed by atoms with Crippen molar-refractivity contribution in [3.8, 4) is 0 Å².